The summed E-state index contributed by atoms with van der Waals surface area (Å²) in [5, 5.41) is 9.36. The summed E-state index contributed by atoms with van der Waals surface area (Å²) in [6.45, 7) is 0.156. The summed E-state index contributed by atoms with van der Waals surface area (Å²) >= 11 is 9.97. The van der Waals surface area contributed by atoms with Gasteiger partial charge in [-0.15, -0.1) is 0 Å². The van der Waals surface area contributed by atoms with Crippen LogP contribution in [0.1, 0.15) is 45.1 Å². The lowest BCUT2D eigenvalue weighted by Crippen LogP contribution is -2.05. The third-order valence-corrected chi connectivity index (χ3v) is 5.98. The second kappa shape index (κ2) is 8.86. The molecule has 0 N–H and O–H groups in total. The Hall–Kier alpha value is -2.88. The molecule has 4 rings (SSSR count). The molecule has 0 saturated heterocycles. The van der Waals surface area contributed by atoms with Crippen molar-refractivity contribution in [2.24, 2.45) is 0 Å². The molecule has 0 aliphatic heterocycles. The Bertz CT molecular complexity index is 1160. The third kappa shape index (κ3) is 4.18. The van der Waals surface area contributed by atoms with Crippen LogP contribution in [0.2, 0.25) is 5.02 Å². The minimum Gasteiger partial charge on any atom is -0.488 e. The highest BCUT2D eigenvalue weighted by molar-refractivity contribution is 9.10. The molecule has 1 heterocycles. The maximum absolute atomic E-state index is 11.5. The van der Waals surface area contributed by atoms with Crippen LogP contribution in [-0.2, 0) is 13.0 Å². The average molecular weight is 484 g/mol. The molecule has 7 heteroatoms. The molecule has 0 amide bonds. The fraction of sp³-hybridized carbons (Fsp3) is 0.174. The molecule has 0 bridgehead atoms. The summed E-state index contributed by atoms with van der Waals surface area (Å²) in [6.07, 6.45) is 5.41. The van der Waals surface area contributed by atoms with Crippen LogP contribution >= 0.6 is 27.5 Å². The zero-order valence-electron chi connectivity index (χ0n) is 15.8. The monoisotopic (exact) mass is 482 g/mol. The van der Waals surface area contributed by atoms with Crippen molar-refractivity contribution in [1.29, 1.82) is 5.26 Å². The summed E-state index contributed by atoms with van der Waals surface area (Å²) in [7, 11) is 0. The number of fused-ring (bicyclic) bond motifs is 1. The number of aromatic nitrogens is 1. The summed E-state index contributed by atoms with van der Waals surface area (Å²) in [4.78, 5) is 15.5. The number of halogens is 2. The summed E-state index contributed by atoms with van der Waals surface area (Å²) in [5.74, 6) is 0.818. The topological polar surface area (TPSA) is 72.2 Å². The first-order valence-corrected chi connectivity index (χ1v) is 10.5. The molecule has 150 valence electrons. The largest absolute Gasteiger partial charge is 0.488 e. The van der Waals surface area contributed by atoms with Gasteiger partial charge in [-0.1, -0.05) is 39.7 Å². The first-order valence-electron chi connectivity index (χ1n) is 9.28. The minimum atomic E-state index is -0.124. The molecule has 30 heavy (non-hydrogen) atoms. The van der Waals surface area contributed by atoms with Crippen LogP contribution in [0.4, 0.5) is 0 Å². The van der Waals surface area contributed by atoms with E-state index in [9.17, 15) is 4.79 Å². The summed E-state index contributed by atoms with van der Waals surface area (Å²) < 4.78 is 13.1. The first kappa shape index (κ1) is 20.4. The van der Waals surface area contributed by atoms with Gasteiger partial charge in [0, 0.05) is 28.5 Å². The number of benzene rings is 2. The van der Waals surface area contributed by atoms with Crippen LogP contribution in [0.3, 0.4) is 0 Å². The second-order valence-corrected chi connectivity index (χ2v) is 8.13. The molecule has 0 saturated carbocycles. The van der Waals surface area contributed by atoms with Crippen LogP contribution in [-0.4, -0.2) is 11.3 Å². The summed E-state index contributed by atoms with van der Waals surface area (Å²) in [5.41, 5.74) is 3.85. The molecule has 5 nitrogen and oxygen atoms in total. The van der Waals surface area contributed by atoms with Gasteiger partial charge in [0.1, 0.15) is 30.3 Å². The average Bonchev–Trinajstić information content (AvgIpc) is 3.18. The van der Waals surface area contributed by atoms with E-state index in [1.807, 2.05) is 18.2 Å². The van der Waals surface area contributed by atoms with Gasteiger partial charge >= 0.3 is 0 Å². The van der Waals surface area contributed by atoms with Gasteiger partial charge in [0.15, 0.2) is 6.29 Å². The Morgan fingerprint density at radius 2 is 2.13 bits per heavy atom. The lowest BCUT2D eigenvalue weighted by Gasteiger charge is -2.18. The number of aldehydes is 1. The predicted octanol–water partition coefficient (Wildman–Crippen LogP) is 5.83. The number of carbonyl (C=O) groups is 1. The van der Waals surface area contributed by atoms with Crippen molar-refractivity contribution in [2.45, 2.75) is 25.6 Å². The highest BCUT2D eigenvalue weighted by Crippen LogP contribution is 2.41. The Labute approximate surface area is 187 Å². The zero-order valence-corrected chi connectivity index (χ0v) is 18.1. The van der Waals surface area contributed by atoms with Gasteiger partial charge in [-0.05, 0) is 42.2 Å². The van der Waals surface area contributed by atoms with Crippen LogP contribution in [0, 0.1) is 11.3 Å². The van der Waals surface area contributed by atoms with E-state index in [1.165, 1.54) is 11.8 Å². The predicted molar refractivity (Wildman–Crippen MR) is 116 cm³/mol. The maximum Gasteiger partial charge on any atom is 0.153 e. The van der Waals surface area contributed by atoms with E-state index in [0.29, 0.717) is 33.9 Å². The van der Waals surface area contributed by atoms with E-state index in [0.717, 1.165) is 28.4 Å². The Morgan fingerprint density at radius 1 is 1.27 bits per heavy atom. The van der Waals surface area contributed by atoms with Crippen molar-refractivity contribution in [3.05, 3.63) is 86.1 Å². The molecule has 0 unspecified atom stereocenters. The van der Waals surface area contributed by atoms with Gasteiger partial charge in [0.25, 0.3) is 0 Å². The van der Waals surface area contributed by atoms with Gasteiger partial charge in [-0.2, -0.15) is 5.26 Å². The number of carbonyl (C=O) groups excluding carboxylic acids is 1. The first-order chi connectivity index (χ1) is 14.6. The molecule has 1 aromatic heterocycles. The van der Waals surface area contributed by atoms with Crippen molar-refractivity contribution in [3.63, 3.8) is 0 Å². The van der Waals surface area contributed by atoms with Crippen LogP contribution in [0.15, 0.2) is 53.3 Å². The molecule has 0 radical (unpaired) electrons. The van der Waals surface area contributed by atoms with Gasteiger partial charge in [0.2, 0.25) is 0 Å². The van der Waals surface area contributed by atoms with Crippen molar-refractivity contribution < 1.29 is 14.3 Å². The Balaban J connectivity index is 1.57. The molecule has 0 spiro atoms. The van der Waals surface area contributed by atoms with Crippen molar-refractivity contribution >= 4 is 33.8 Å². The SMILES string of the molecule is N#Cc1cncc(COc2cc(O[C@@H]3CCc4c(Br)cccc43)c(Cl)cc2C=O)c1. The molecule has 1 aliphatic carbocycles. The lowest BCUT2D eigenvalue weighted by atomic mass is 10.1. The van der Waals surface area contributed by atoms with Gasteiger partial charge in [0.05, 0.1) is 16.1 Å². The molecule has 2 aromatic carbocycles. The Morgan fingerprint density at radius 3 is 2.93 bits per heavy atom. The number of hydrogen-bond donors (Lipinski definition) is 0. The van der Waals surface area contributed by atoms with E-state index in [1.54, 1.807) is 24.4 Å². The molecular weight excluding hydrogens is 468 g/mol. The smallest absolute Gasteiger partial charge is 0.153 e. The fourth-order valence-electron chi connectivity index (χ4n) is 3.49. The van der Waals surface area contributed by atoms with Crippen LogP contribution in [0.25, 0.3) is 0 Å². The fourth-order valence-corrected chi connectivity index (χ4v) is 4.29. The second-order valence-electron chi connectivity index (χ2n) is 6.87. The molecular formula is C23H16BrClN2O3. The molecule has 1 atom stereocenters. The normalized spacial score (nSPS) is 14.6. The highest BCUT2D eigenvalue weighted by atomic mass is 79.9. The molecule has 1 aliphatic rings. The number of pyridine rings is 1. The van der Waals surface area contributed by atoms with Gasteiger partial charge in [-0.25, -0.2) is 0 Å². The van der Waals surface area contributed by atoms with Crippen LogP contribution in [0.5, 0.6) is 11.5 Å². The zero-order chi connectivity index (χ0) is 21.1. The van der Waals surface area contributed by atoms with Crippen molar-refractivity contribution in [1.82, 2.24) is 4.98 Å². The van der Waals surface area contributed by atoms with E-state index in [-0.39, 0.29) is 12.7 Å². The third-order valence-electron chi connectivity index (χ3n) is 4.94. The van der Waals surface area contributed by atoms with Crippen molar-refractivity contribution in [2.75, 3.05) is 0 Å². The van der Waals surface area contributed by atoms with Gasteiger partial charge < -0.3 is 9.47 Å². The maximum atomic E-state index is 11.5. The molecule has 0 fully saturated rings. The number of ether oxygens (including phenoxy) is 2. The number of hydrogen-bond acceptors (Lipinski definition) is 5. The van der Waals surface area contributed by atoms with E-state index in [4.69, 9.17) is 26.3 Å². The number of rotatable bonds is 6. The highest BCUT2D eigenvalue weighted by Gasteiger charge is 2.26. The Kier molecular flexibility index (Phi) is 6.03. The van der Waals surface area contributed by atoms with E-state index >= 15 is 0 Å². The summed E-state index contributed by atoms with van der Waals surface area (Å²) in [6, 6.07) is 13.0. The van der Waals surface area contributed by atoms with E-state index < -0.39 is 0 Å². The van der Waals surface area contributed by atoms with Crippen LogP contribution < -0.4 is 9.47 Å². The number of nitriles is 1. The quantitative estimate of drug-likeness (QED) is 0.413. The van der Waals surface area contributed by atoms with E-state index in [2.05, 4.69) is 27.0 Å². The standard InChI is InChI=1S/C23H16BrClN2O3/c24-19-3-1-2-18-17(19)4-5-21(18)30-23-8-22(16(12-28)7-20(23)25)29-13-15-6-14(9-26)10-27-11-15/h1-3,6-8,10-12,21H,4-5,13H2/t21-/m1/s1. The number of nitrogens with zero attached hydrogens (tertiary/aromatic N) is 2. The lowest BCUT2D eigenvalue weighted by molar-refractivity contribution is 0.111. The van der Waals surface area contributed by atoms with Crippen molar-refractivity contribution in [3.8, 4) is 17.6 Å². The molecule has 3 aromatic rings. The van der Waals surface area contributed by atoms with Gasteiger partial charge in [-0.3, -0.25) is 9.78 Å². The minimum absolute atomic E-state index is 0.124.